The van der Waals surface area contributed by atoms with Gasteiger partial charge in [-0.1, -0.05) is 6.07 Å². The number of carbonyl (C=O) groups excluding carboxylic acids is 1. The molecule has 1 unspecified atom stereocenters. The molecule has 1 aliphatic rings. The van der Waals surface area contributed by atoms with Gasteiger partial charge in [-0.25, -0.2) is 0 Å². The highest BCUT2D eigenvalue weighted by Crippen LogP contribution is 2.25. The van der Waals surface area contributed by atoms with E-state index in [1.165, 1.54) is 17.7 Å². The van der Waals surface area contributed by atoms with Crippen LogP contribution in [-0.2, 0) is 9.53 Å². The normalized spacial score (nSPS) is 22.2. The fraction of sp³-hybridized carbons (Fsp3) is 0.143. The van der Waals surface area contributed by atoms with Crippen LogP contribution in [0.4, 0.5) is 0 Å². The van der Waals surface area contributed by atoms with E-state index in [0.29, 0.717) is 0 Å². The lowest BCUT2D eigenvalue weighted by molar-refractivity contribution is -0.122. The molecule has 1 atom stereocenters. The van der Waals surface area contributed by atoms with Crippen molar-refractivity contribution in [3.8, 4) is 0 Å². The van der Waals surface area contributed by atoms with Crippen molar-refractivity contribution < 1.29 is 9.53 Å². The molecule has 3 nitrogen and oxygen atoms in total. The molecule has 0 aliphatic carbocycles. The minimum absolute atomic E-state index is 0.215. The topological polar surface area (TPSA) is 38.7 Å². The van der Waals surface area contributed by atoms with Crippen LogP contribution in [0.3, 0.4) is 0 Å². The van der Waals surface area contributed by atoms with Crippen molar-refractivity contribution in [2.45, 2.75) is 6.10 Å². The van der Waals surface area contributed by atoms with Gasteiger partial charge in [0.2, 0.25) is 6.10 Å². The fourth-order valence-corrected chi connectivity index (χ4v) is 1.65. The molecule has 1 aromatic heterocycles. The summed E-state index contributed by atoms with van der Waals surface area (Å²) < 4.78 is 4.98. The van der Waals surface area contributed by atoms with Gasteiger partial charge in [-0.05, 0) is 11.4 Å². The van der Waals surface area contributed by atoms with Crippen LogP contribution in [0.2, 0.25) is 0 Å². The summed E-state index contributed by atoms with van der Waals surface area (Å²) in [4.78, 5) is 15.4. The van der Waals surface area contributed by atoms with Crippen molar-refractivity contribution in [1.82, 2.24) is 0 Å². The fourth-order valence-electron chi connectivity index (χ4n) is 0.898. The van der Waals surface area contributed by atoms with E-state index in [2.05, 4.69) is 4.99 Å². The van der Waals surface area contributed by atoms with Gasteiger partial charge in [-0.15, -0.1) is 11.3 Å². The molecule has 1 aromatic rings. The molecular weight excluding hydrogens is 162 g/mol. The summed E-state index contributed by atoms with van der Waals surface area (Å²) in [5, 5.41) is 1.91. The summed E-state index contributed by atoms with van der Waals surface area (Å²) in [5.74, 6) is -0.215. The molecule has 0 saturated carbocycles. The maximum Gasteiger partial charge on any atom is 0.295 e. The Kier molecular flexibility index (Phi) is 1.47. The average Bonchev–Trinajstić information content (AvgIpc) is 2.55. The van der Waals surface area contributed by atoms with Crippen LogP contribution in [0.1, 0.15) is 11.0 Å². The zero-order valence-corrected chi connectivity index (χ0v) is 6.38. The van der Waals surface area contributed by atoms with Crippen molar-refractivity contribution in [2.24, 2.45) is 4.99 Å². The van der Waals surface area contributed by atoms with Crippen molar-refractivity contribution in [1.29, 1.82) is 0 Å². The average molecular weight is 167 g/mol. The van der Waals surface area contributed by atoms with Gasteiger partial charge in [-0.2, -0.15) is 4.99 Å². The van der Waals surface area contributed by atoms with E-state index in [1.54, 1.807) is 0 Å². The van der Waals surface area contributed by atoms with Gasteiger partial charge < -0.3 is 4.74 Å². The molecule has 0 bridgehead atoms. The Hall–Kier alpha value is -1.16. The third-order valence-electron chi connectivity index (χ3n) is 1.40. The molecule has 0 aromatic carbocycles. The van der Waals surface area contributed by atoms with Crippen molar-refractivity contribution >= 4 is 23.6 Å². The monoisotopic (exact) mass is 167 g/mol. The molecule has 0 saturated heterocycles. The molecule has 4 heteroatoms. The lowest BCUT2D eigenvalue weighted by atomic mass is 10.3. The molecule has 1 amide bonds. The Morgan fingerprint density at radius 2 is 2.55 bits per heavy atom. The van der Waals surface area contributed by atoms with Crippen molar-refractivity contribution in [2.75, 3.05) is 0 Å². The van der Waals surface area contributed by atoms with Gasteiger partial charge in [0.15, 0.2) is 6.40 Å². The highest BCUT2D eigenvalue weighted by atomic mass is 32.1. The molecule has 0 radical (unpaired) electrons. The minimum Gasteiger partial charge on any atom is -0.464 e. The number of nitrogens with zero attached hydrogens (tertiary/aromatic N) is 1. The molecule has 0 fully saturated rings. The minimum atomic E-state index is -0.477. The van der Waals surface area contributed by atoms with Crippen molar-refractivity contribution in [3.63, 3.8) is 0 Å². The van der Waals surface area contributed by atoms with Crippen LogP contribution in [0.15, 0.2) is 22.5 Å². The number of aliphatic imine (C=N–C) groups is 1. The van der Waals surface area contributed by atoms with Gasteiger partial charge >= 0.3 is 0 Å². The third kappa shape index (κ3) is 1.05. The van der Waals surface area contributed by atoms with Crippen LogP contribution in [0.5, 0.6) is 0 Å². The first-order chi connectivity index (χ1) is 5.38. The first-order valence-electron chi connectivity index (χ1n) is 3.13. The van der Waals surface area contributed by atoms with E-state index >= 15 is 0 Å². The maximum absolute atomic E-state index is 11.0. The van der Waals surface area contributed by atoms with E-state index in [9.17, 15) is 4.79 Å². The Bertz CT molecular complexity index is 291. The second-order valence-electron chi connectivity index (χ2n) is 2.10. The molecule has 0 N–H and O–H groups in total. The lowest BCUT2D eigenvalue weighted by Gasteiger charge is -2.01. The number of carbonyl (C=O) groups is 1. The second kappa shape index (κ2) is 2.47. The largest absolute Gasteiger partial charge is 0.464 e. The van der Waals surface area contributed by atoms with Gasteiger partial charge in [0.25, 0.3) is 5.91 Å². The summed E-state index contributed by atoms with van der Waals surface area (Å²) in [7, 11) is 0. The maximum atomic E-state index is 11.0. The van der Waals surface area contributed by atoms with E-state index in [0.717, 1.165) is 4.88 Å². The van der Waals surface area contributed by atoms with Crippen molar-refractivity contribution in [3.05, 3.63) is 22.4 Å². The first kappa shape index (κ1) is 6.54. The van der Waals surface area contributed by atoms with Gasteiger partial charge in [0.05, 0.1) is 4.88 Å². The van der Waals surface area contributed by atoms with Gasteiger partial charge in [-0.3, -0.25) is 4.79 Å². The van der Waals surface area contributed by atoms with E-state index in [1.807, 2.05) is 17.5 Å². The number of thiophene rings is 1. The summed E-state index contributed by atoms with van der Waals surface area (Å²) in [6.07, 6.45) is 0.724. The zero-order chi connectivity index (χ0) is 7.68. The van der Waals surface area contributed by atoms with Gasteiger partial charge in [0, 0.05) is 0 Å². The molecule has 2 rings (SSSR count). The Labute approximate surface area is 67.3 Å². The molecule has 0 spiro atoms. The molecule has 56 valence electrons. The Morgan fingerprint density at radius 3 is 3.09 bits per heavy atom. The Balaban J connectivity index is 2.26. The van der Waals surface area contributed by atoms with Crippen LogP contribution >= 0.6 is 11.3 Å². The molecule has 2 heterocycles. The quantitative estimate of drug-likeness (QED) is 0.633. The summed E-state index contributed by atoms with van der Waals surface area (Å²) in [5.41, 5.74) is 0. The number of hydrogen-bond acceptors (Lipinski definition) is 3. The van der Waals surface area contributed by atoms with E-state index < -0.39 is 6.10 Å². The number of hydrogen-bond donors (Lipinski definition) is 0. The first-order valence-corrected chi connectivity index (χ1v) is 4.01. The predicted octanol–water partition coefficient (Wildman–Crippen LogP) is 1.37. The zero-order valence-electron chi connectivity index (χ0n) is 5.56. The highest BCUT2D eigenvalue weighted by molar-refractivity contribution is 7.10. The van der Waals surface area contributed by atoms with Crippen LogP contribution < -0.4 is 0 Å². The molecular formula is C7H5NO2S. The summed E-state index contributed by atoms with van der Waals surface area (Å²) >= 11 is 1.50. The number of ether oxygens (including phenoxy) is 1. The Morgan fingerprint density at radius 1 is 1.64 bits per heavy atom. The predicted molar refractivity (Wildman–Crippen MR) is 41.6 cm³/mol. The number of rotatable bonds is 1. The van der Waals surface area contributed by atoms with Crippen LogP contribution in [0, 0.1) is 0 Å². The van der Waals surface area contributed by atoms with Crippen LogP contribution in [0.25, 0.3) is 0 Å². The van der Waals surface area contributed by atoms with E-state index in [-0.39, 0.29) is 5.91 Å². The SMILES string of the molecule is O=C1N=COC1c1cccs1. The third-order valence-corrected chi connectivity index (χ3v) is 2.32. The number of amides is 1. The van der Waals surface area contributed by atoms with E-state index in [4.69, 9.17) is 4.74 Å². The smallest absolute Gasteiger partial charge is 0.295 e. The summed E-state index contributed by atoms with van der Waals surface area (Å²) in [6, 6.07) is 3.75. The second-order valence-corrected chi connectivity index (χ2v) is 3.08. The summed E-state index contributed by atoms with van der Waals surface area (Å²) in [6.45, 7) is 0. The van der Waals surface area contributed by atoms with Crippen LogP contribution in [-0.4, -0.2) is 12.3 Å². The highest BCUT2D eigenvalue weighted by Gasteiger charge is 2.25. The molecule has 1 aliphatic heterocycles. The molecule has 11 heavy (non-hydrogen) atoms. The van der Waals surface area contributed by atoms with Gasteiger partial charge in [0.1, 0.15) is 0 Å². The standard InChI is InChI=1S/C7H5NO2S/c9-7-6(10-4-8-7)5-2-1-3-11-5/h1-4,6H. The lowest BCUT2D eigenvalue weighted by Crippen LogP contribution is -2.03.